The van der Waals surface area contributed by atoms with Gasteiger partial charge in [-0.3, -0.25) is 14.7 Å². The summed E-state index contributed by atoms with van der Waals surface area (Å²) < 4.78 is 10.8. The van der Waals surface area contributed by atoms with Crippen LogP contribution in [0.2, 0.25) is 0 Å². The SMILES string of the molecule is C=C(C)C(=O)NC(=O)N(CCCC)CCP(=O)(O)O. The Balaban J connectivity index is 4.55. The number of amides is 3. The van der Waals surface area contributed by atoms with Crippen molar-refractivity contribution in [3.8, 4) is 0 Å². The summed E-state index contributed by atoms with van der Waals surface area (Å²) in [5, 5.41) is 2.12. The summed E-state index contributed by atoms with van der Waals surface area (Å²) in [6.45, 7) is 7.04. The molecule has 0 atom stereocenters. The molecule has 0 spiro atoms. The summed E-state index contributed by atoms with van der Waals surface area (Å²) in [7, 11) is -4.17. The third-order valence-electron chi connectivity index (χ3n) is 2.34. The second-order valence-corrected chi connectivity index (χ2v) is 6.05. The molecule has 0 saturated heterocycles. The monoisotopic (exact) mass is 292 g/mol. The highest BCUT2D eigenvalue weighted by molar-refractivity contribution is 7.51. The number of imide groups is 1. The molecule has 7 nitrogen and oxygen atoms in total. The Hall–Kier alpha value is -1.17. The van der Waals surface area contributed by atoms with Crippen LogP contribution in [0.25, 0.3) is 0 Å². The maximum atomic E-state index is 11.8. The number of urea groups is 1. The Bertz CT molecular complexity index is 391. The molecule has 0 aliphatic carbocycles. The van der Waals surface area contributed by atoms with Crippen LogP contribution < -0.4 is 5.32 Å². The van der Waals surface area contributed by atoms with Crippen LogP contribution in [0.5, 0.6) is 0 Å². The molecule has 0 aromatic heterocycles. The van der Waals surface area contributed by atoms with Crippen LogP contribution in [-0.4, -0.2) is 45.9 Å². The molecule has 0 aliphatic heterocycles. The number of hydrogen-bond donors (Lipinski definition) is 3. The molecule has 0 fully saturated rings. The molecule has 110 valence electrons. The van der Waals surface area contributed by atoms with Crippen LogP contribution in [-0.2, 0) is 9.36 Å². The number of hydrogen-bond acceptors (Lipinski definition) is 3. The minimum absolute atomic E-state index is 0.0976. The molecule has 0 aliphatic rings. The summed E-state index contributed by atoms with van der Waals surface area (Å²) in [4.78, 5) is 42.0. The van der Waals surface area contributed by atoms with Crippen molar-refractivity contribution in [2.75, 3.05) is 19.3 Å². The van der Waals surface area contributed by atoms with Gasteiger partial charge in [0.2, 0.25) is 0 Å². The first-order chi connectivity index (χ1) is 8.67. The fourth-order valence-electron chi connectivity index (χ4n) is 1.20. The summed E-state index contributed by atoms with van der Waals surface area (Å²) in [5.41, 5.74) is 0.193. The average molecular weight is 292 g/mol. The van der Waals surface area contributed by atoms with Gasteiger partial charge >= 0.3 is 13.6 Å². The molecule has 3 N–H and O–H groups in total. The zero-order chi connectivity index (χ0) is 15.1. The Morgan fingerprint density at radius 1 is 1.32 bits per heavy atom. The topological polar surface area (TPSA) is 107 Å². The molecule has 19 heavy (non-hydrogen) atoms. The van der Waals surface area contributed by atoms with Gasteiger partial charge in [-0.25, -0.2) is 4.79 Å². The number of nitrogens with one attached hydrogen (secondary N) is 1. The number of carbonyl (C=O) groups excluding carboxylic acids is 2. The largest absolute Gasteiger partial charge is 0.327 e. The fraction of sp³-hybridized carbons (Fsp3) is 0.636. The predicted molar refractivity (Wildman–Crippen MR) is 71.7 cm³/mol. The Morgan fingerprint density at radius 3 is 2.32 bits per heavy atom. The Morgan fingerprint density at radius 2 is 1.89 bits per heavy atom. The van der Waals surface area contributed by atoms with Crippen molar-refractivity contribution in [3.63, 3.8) is 0 Å². The van der Waals surface area contributed by atoms with E-state index in [1.165, 1.54) is 11.8 Å². The molecular formula is C11H21N2O5P. The zero-order valence-electron chi connectivity index (χ0n) is 11.3. The fourth-order valence-corrected chi connectivity index (χ4v) is 1.70. The van der Waals surface area contributed by atoms with Gasteiger partial charge < -0.3 is 14.7 Å². The van der Waals surface area contributed by atoms with Crippen molar-refractivity contribution in [1.82, 2.24) is 10.2 Å². The smallest absolute Gasteiger partial charge is 0.324 e. The van der Waals surface area contributed by atoms with Crippen LogP contribution in [0.1, 0.15) is 26.7 Å². The van der Waals surface area contributed by atoms with Crippen LogP contribution in [0.3, 0.4) is 0 Å². The van der Waals surface area contributed by atoms with Crippen LogP contribution >= 0.6 is 7.60 Å². The molecule has 8 heteroatoms. The Labute approximate surface area is 112 Å². The predicted octanol–water partition coefficient (Wildman–Crippen LogP) is 1.08. The first kappa shape index (κ1) is 17.8. The molecule has 0 radical (unpaired) electrons. The maximum Gasteiger partial charge on any atom is 0.327 e. The maximum absolute atomic E-state index is 11.8. The minimum Gasteiger partial charge on any atom is -0.324 e. The molecule has 0 bridgehead atoms. The van der Waals surface area contributed by atoms with Crippen molar-refractivity contribution in [2.24, 2.45) is 0 Å². The average Bonchev–Trinajstić information content (AvgIpc) is 2.27. The molecule has 0 rings (SSSR count). The molecular weight excluding hydrogens is 271 g/mol. The molecule has 0 aromatic carbocycles. The van der Waals surface area contributed by atoms with Crippen LogP contribution in [0, 0.1) is 0 Å². The Kier molecular flexibility index (Phi) is 7.59. The van der Waals surface area contributed by atoms with E-state index in [4.69, 9.17) is 9.79 Å². The number of unbranched alkanes of at least 4 members (excludes halogenated alkanes) is 1. The summed E-state index contributed by atoms with van der Waals surface area (Å²) in [6.07, 6.45) is 1.09. The lowest BCUT2D eigenvalue weighted by Gasteiger charge is -2.22. The van der Waals surface area contributed by atoms with Crippen molar-refractivity contribution in [2.45, 2.75) is 26.7 Å². The van der Waals surface area contributed by atoms with E-state index in [9.17, 15) is 14.2 Å². The van der Waals surface area contributed by atoms with Gasteiger partial charge in [-0.05, 0) is 13.3 Å². The number of carbonyl (C=O) groups is 2. The van der Waals surface area contributed by atoms with Crippen molar-refractivity contribution < 1.29 is 23.9 Å². The molecule has 0 aromatic rings. The molecule has 0 saturated carbocycles. The third kappa shape index (κ3) is 8.53. The highest BCUT2D eigenvalue weighted by atomic mass is 31.2. The molecule has 3 amide bonds. The third-order valence-corrected chi connectivity index (χ3v) is 3.12. The summed E-state index contributed by atoms with van der Waals surface area (Å²) in [5.74, 6) is -0.595. The van der Waals surface area contributed by atoms with E-state index < -0.39 is 25.7 Å². The summed E-state index contributed by atoms with van der Waals surface area (Å²) in [6, 6.07) is -0.657. The van der Waals surface area contributed by atoms with Gasteiger partial charge in [-0.1, -0.05) is 19.9 Å². The zero-order valence-corrected chi connectivity index (χ0v) is 12.2. The normalized spacial score (nSPS) is 10.9. The van der Waals surface area contributed by atoms with E-state index in [1.807, 2.05) is 6.92 Å². The van der Waals surface area contributed by atoms with E-state index in [0.717, 1.165) is 6.42 Å². The lowest BCUT2D eigenvalue weighted by atomic mass is 10.3. The van der Waals surface area contributed by atoms with Crippen LogP contribution in [0.4, 0.5) is 4.79 Å². The quantitative estimate of drug-likeness (QED) is 0.481. The second-order valence-electron chi connectivity index (χ2n) is 4.27. The van der Waals surface area contributed by atoms with Crippen molar-refractivity contribution in [3.05, 3.63) is 12.2 Å². The van der Waals surface area contributed by atoms with E-state index >= 15 is 0 Å². The van der Waals surface area contributed by atoms with E-state index in [0.29, 0.717) is 13.0 Å². The van der Waals surface area contributed by atoms with E-state index in [2.05, 4.69) is 11.9 Å². The van der Waals surface area contributed by atoms with Crippen LogP contribution in [0.15, 0.2) is 12.2 Å². The van der Waals surface area contributed by atoms with Gasteiger partial charge in [0.25, 0.3) is 5.91 Å². The van der Waals surface area contributed by atoms with Gasteiger partial charge in [0.1, 0.15) is 0 Å². The number of rotatable bonds is 7. The highest BCUT2D eigenvalue weighted by Gasteiger charge is 2.20. The van der Waals surface area contributed by atoms with Crippen molar-refractivity contribution >= 4 is 19.5 Å². The first-order valence-corrected chi connectivity index (χ1v) is 7.77. The molecule has 0 heterocycles. The van der Waals surface area contributed by atoms with E-state index in [-0.39, 0.29) is 12.1 Å². The van der Waals surface area contributed by atoms with Gasteiger partial charge in [-0.2, -0.15) is 0 Å². The van der Waals surface area contributed by atoms with Crippen molar-refractivity contribution in [1.29, 1.82) is 0 Å². The lowest BCUT2D eigenvalue weighted by Crippen LogP contribution is -2.44. The van der Waals surface area contributed by atoms with Gasteiger partial charge in [0.15, 0.2) is 0 Å². The molecule has 0 unspecified atom stereocenters. The van der Waals surface area contributed by atoms with Gasteiger partial charge in [0, 0.05) is 18.7 Å². The number of nitrogens with zero attached hydrogens (tertiary/aromatic N) is 1. The van der Waals surface area contributed by atoms with Gasteiger partial charge in [-0.15, -0.1) is 0 Å². The first-order valence-electron chi connectivity index (χ1n) is 5.97. The standard InChI is InChI=1S/C11H21N2O5P/c1-4-5-6-13(7-8-19(16,17)18)11(15)12-10(14)9(2)3/h2,4-8H2,1,3H3,(H,12,14,15)(H2,16,17,18). The lowest BCUT2D eigenvalue weighted by molar-refractivity contribution is -0.116. The highest BCUT2D eigenvalue weighted by Crippen LogP contribution is 2.33. The van der Waals surface area contributed by atoms with E-state index in [1.54, 1.807) is 0 Å². The summed E-state index contributed by atoms with van der Waals surface area (Å²) >= 11 is 0. The van der Waals surface area contributed by atoms with Gasteiger partial charge in [0.05, 0.1) is 6.16 Å². The second kappa shape index (κ2) is 8.09. The minimum atomic E-state index is -4.17.